The van der Waals surface area contributed by atoms with Gasteiger partial charge in [-0.25, -0.2) is 0 Å². The van der Waals surface area contributed by atoms with Crippen LogP contribution in [0, 0.1) is 11.3 Å². The zero-order valence-electron chi connectivity index (χ0n) is 14.7. The van der Waals surface area contributed by atoms with E-state index in [0.717, 1.165) is 11.8 Å². The normalized spacial score (nSPS) is 11.4. The maximum absolute atomic E-state index is 12.2. The Kier molecular flexibility index (Phi) is 6.18. The summed E-state index contributed by atoms with van der Waals surface area (Å²) in [5, 5.41) is 14.5. The molecule has 2 aromatic rings. The average molecular weight is 386 g/mol. The summed E-state index contributed by atoms with van der Waals surface area (Å²) in [7, 11) is -0.561. The molecule has 0 aliphatic heterocycles. The van der Waals surface area contributed by atoms with Crippen molar-refractivity contribution in [1.82, 2.24) is 0 Å². The molecule has 0 unspecified atom stereocenters. The lowest BCUT2D eigenvalue weighted by Crippen LogP contribution is -2.15. The number of carbonyl (C=O) groups excluding carboxylic acids is 1. The van der Waals surface area contributed by atoms with Crippen LogP contribution in [0.1, 0.15) is 0 Å². The van der Waals surface area contributed by atoms with E-state index in [2.05, 4.69) is 10.6 Å². The molecule has 2 aromatic carbocycles. The molecule has 0 saturated heterocycles. The Labute approximate surface area is 157 Å². The molecule has 0 aliphatic rings. The van der Waals surface area contributed by atoms with E-state index >= 15 is 0 Å². The lowest BCUT2D eigenvalue weighted by atomic mass is 10.2. The van der Waals surface area contributed by atoms with Crippen molar-refractivity contribution < 1.29 is 17.8 Å². The van der Waals surface area contributed by atoms with Crippen LogP contribution in [0.15, 0.2) is 65.2 Å². The Morgan fingerprint density at radius 1 is 1.15 bits per heavy atom. The highest BCUT2D eigenvalue weighted by Crippen LogP contribution is 2.17. The van der Waals surface area contributed by atoms with Gasteiger partial charge in [-0.3, -0.25) is 9.35 Å². The van der Waals surface area contributed by atoms with Gasteiger partial charge in [0.05, 0.1) is 4.90 Å². The van der Waals surface area contributed by atoms with E-state index in [1.807, 2.05) is 31.1 Å². The van der Waals surface area contributed by atoms with Gasteiger partial charge in [-0.1, -0.05) is 6.07 Å². The first-order valence-corrected chi connectivity index (χ1v) is 9.18. The van der Waals surface area contributed by atoms with E-state index in [0.29, 0.717) is 5.69 Å². The number of nitrogens with zero attached hydrogens (tertiary/aromatic N) is 2. The summed E-state index contributed by atoms with van der Waals surface area (Å²) in [5.41, 5.74) is 1.62. The Hall–Kier alpha value is -3.35. The molecule has 140 valence electrons. The summed E-state index contributed by atoms with van der Waals surface area (Å²) in [6.45, 7) is 0. The molecule has 9 heteroatoms. The van der Waals surface area contributed by atoms with Crippen molar-refractivity contribution in [2.45, 2.75) is 4.90 Å². The Morgan fingerprint density at radius 3 is 2.37 bits per heavy atom. The smallest absolute Gasteiger partial charge is 0.294 e. The summed E-state index contributed by atoms with van der Waals surface area (Å²) in [4.78, 5) is 13.8. The highest BCUT2D eigenvalue weighted by Gasteiger charge is 2.13. The maximum Gasteiger partial charge on any atom is 0.294 e. The fourth-order valence-electron chi connectivity index (χ4n) is 2.09. The molecule has 0 heterocycles. The van der Waals surface area contributed by atoms with Crippen molar-refractivity contribution in [3.05, 3.63) is 60.3 Å². The second-order valence-electron chi connectivity index (χ2n) is 5.71. The first-order chi connectivity index (χ1) is 12.7. The lowest BCUT2D eigenvalue weighted by molar-refractivity contribution is -0.112. The minimum absolute atomic E-state index is 0.131. The molecule has 0 aliphatic carbocycles. The zero-order chi connectivity index (χ0) is 20.0. The molecule has 2 rings (SSSR count). The second-order valence-corrected chi connectivity index (χ2v) is 7.13. The molecule has 0 bridgehead atoms. The molecule has 8 nitrogen and oxygen atoms in total. The summed E-state index contributed by atoms with van der Waals surface area (Å²) in [5.74, 6) is -0.720. The molecule has 0 radical (unpaired) electrons. The van der Waals surface area contributed by atoms with Gasteiger partial charge in [0.1, 0.15) is 11.6 Å². The number of anilines is 3. The molecule has 0 atom stereocenters. The first kappa shape index (κ1) is 20.0. The van der Waals surface area contributed by atoms with Crippen LogP contribution in [0.3, 0.4) is 0 Å². The number of rotatable bonds is 6. The van der Waals surface area contributed by atoms with Gasteiger partial charge >= 0.3 is 0 Å². The minimum Gasteiger partial charge on any atom is -0.378 e. The molecule has 3 N–H and O–H groups in total. The fraction of sp³-hybridized carbons (Fsp3) is 0.111. The van der Waals surface area contributed by atoms with E-state index < -0.39 is 16.0 Å². The van der Waals surface area contributed by atoms with Crippen molar-refractivity contribution in [1.29, 1.82) is 5.26 Å². The summed E-state index contributed by atoms with van der Waals surface area (Å²) in [6.07, 6.45) is 1.26. The maximum atomic E-state index is 12.2. The van der Waals surface area contributed by atoms with Gasteiger partial charge < -0.3 is 15.5 Å². The lowest BCUT2D eigenvalue weighted by Gasteiger charge is -2.12. The Balaban J connectivity index is 2.11. The quantitative estimate of drug-likeness (QED) is 0.396. The predicted octanol–water partition coefficient (Wildman–Crippen LogP) is 2.46. The van der Waals surface area contributed by atoms with Crippen LogP contribution in [0.4, 0.5) is 17.1 Å². The summed E-state index contributed by atoms with van der Waals surface area (Å²) < 4.78 is 31.4. The molecule has 1 amide bonds. The van der Waals surface area contributed by atoms with Crippen LogP contribution in [0.2, 0.25) is 0 Å². The minimum atomic E-state index is -4.39. The van der Waals surface area contributed by atoms with Gasteiger partial charge in [0.2, 0.25) is 0 Å². The van der Waals surface area contributed by atoms with Crippen molar-refractivity contribution in [2.75, 3.05) is 29.6 Å². The molecule has 0 aromatic heterocycles. The van der Waals surface area contributed by atoms with Gasteiger partial charge in [-0.2, -0.15) is 13.7 Å². The monoisotopic (exact) mass is 386 g/mol. The fourth-order valence-corrected chi connectivity index (χ4v) is 2.62. The SMILES string of the molecule is CN(C)c1ccc(N/C=C(/C#N)C(=O)Nc2cccc(S(=O)(=O)O)c2)cc1. The second kappa shape index (κ2) is 8.35. The molecular weight excluding hydrogens is 368 g/mol. The third kappa shape index (κ3) is 5.57. The van der Waals surface area contributed by atoms with E-state index in [-0.39, 0.29) is 16.2 Å². The predicted molar refractivity (Wildman–Crippen MR) is 103 cm³/mol. The molecule has 0 saturated carbocycles. The van der Waals surface area contributed by atoms with Crippen LogP contribution < -0.4 is 15.5 Å². The van der Waals surface area contributed by atoms with Gasteiger partial charge in [-0.05, 0) is 42.5 Å². The Bertz CT molecular complexity index is 1010. The van der Waals surface area contributed by atoms with Crippen molar-refractivity contribution in [3.63, 3.8) is 0 Å². The zero-order valence-corrected chi connectivity index (χ0v) is 15.5. The third-order valence-electron chi connectivity index (χ3n) is 3.52. The highest BCUT2D eigenvalue weighted by molar-refractivity contribution is 7.85. The largest absolute Gasteiger partial charge is 0.378 e. The summed E-state index contributed by atoms with van der Waals surface area (Å²) in [6, 6.07) is 14.2. The van der Waals surface area contributed by atoms with E-state index in [9.17, 15) is 18.5 Å². The molecule has 0 spiro atoms. The van der Waals surface area contributed by atoms with Crippen molar-refractivity contribution in [3.8, 4) is 6.07 Å². The molecule has 27 heavy (non-hydrogen) atoms. The van der Waals surface area contributed by atoms with E-state index in [1.165, 1.54) is 24.4 Å². The number of nitrogens with one attached hydrogen (secondary N) is 2. The van der Waals surface area contributed by atoms with E-state index in [1.54, 1.807) is 18.2 Å². The Morgan fingerprint density at radius 2 is 1.81 bits per heavy atom. The van der Waals surface area contributed by atoms with E-state index in [4.69, 9.17) is 4.55 Å². The topological polar surface area (TPSA) is 123 Å². The number of amides is 1. The van der Waals surface area contributed by atoms with Gasteiger partial charge in [0.25, 0.3) is 16.0 Å². The molecular formula is C18H18N4O4S. The number of hydrogen-bond acceptors (Lipinski definition) is 6. The van der Waals surface area contributed by atoms with Gasteiger partial charge in [-0.15, -0.1) is 0 Å². The molecule has 0 fully saturated rings. The summed E-state index contributed by atoms with van der Waals surface area (Å²) >= 11 is 0. The van der Waals surface area contributed by atoms with Crippen LogP contribution in [-0.4, -0.2) is 33.0 Å². The van der Waals surface area contributed by atoms with Crippen LogP contribution in [0.25, 0.3) is 0 Å². The average Bonchev–Trinajstić information content (AvgIpc) is 2.62. The van der Waals surface area contributed by atoms with Crippen LogP contribution >= 0.6 is 0 Å². The van der Waals surface area contributed by atoms with Crippen LogP contribution in [0.5, 0.6) is 0 Å². The number of nitriles is 1. The van der Waals surface area contributed by atoms with Crippen molar-refractivity contribution in [2.24, 2.45) is 0 Å². The van der Waals surface area contributed by atoms with Gasteiger partial charge in [0.15, 0.2) is 0 Å². The number of hydrogen-bond donors (Lipinski definition) is 3. The third-order valence-corrected chi connectivity index (χ3v) is 4.37. The first-order valence-electron chi connectivity index (χ1n) is 7.74. The van der Waals surface area contributed by atoms with Crippen LogP contribution in [-0.2, 0) is 14.9 Å². The van der Waals surface area contributed by atoms with Gasteiger partial charge in [0, 0.05) is 37.4 Å². The highest BCUT2D eigenvalue weighted by atomic mass is 32.2. The number of carbonyl (C=O) groups is 1. The van der Waals surface area contributed by atoms with Crippen molar-refractivity contribution >= 4 is 33.1 Å². The number of benzene rings is 2. The standard InChI is InChI=1S/C18H18N4O4S/c1-22(2)16-8-6-14(7-9-16)20-12-13(11-19)18(23)21-15-4-3-5-17(10-15)27(24,25)26/h3-10,12,20H,1-2H3,(H,21,23)(H,24,25,26)/b13-12-.